The van der Waals surface area contributed by atoms with Gasteiger partial charge in [0.15, 0.2) is 0 Å². The van der Waals surface area contributed by atoms with Crippen molar-refractivity contribution in [2.75, 3.05) is 0 Å². The van der Waals surface area contributed by atoms with Crippen LogP contribution in [0.2, 0.25) is 5.02 Å². The SMILES string of the molecule is NNC(Cc1sccc1Br)c1ccc(Br)c(Cl)c1. The van der Waals surface area contributed by atoms with E-state index < -0.39 is 0 Å². The third-order valence-electron chi connectivity index (χ3n) is 2.63. The fourth-order valence-corrected chi connectivity index (χ4v) is 3.66. The van der Waals surface area contributed by atoms with Crippen molar-refractivity contribution < 1.29 is 0 Å². The van der Waals surface area contributed by atoms with Crippen molar-refractivity contribution in [2.24, 2.45) is 5.84 Å². The van der Waals surface area contributed by atoms with E-state index in [-0.39, 0.29) is 6.04 Å². The second-order valence-electron chi connectivity index (χ2n) is 3.79. The number of hydrogen-bond acceptors (Lipinski definition) is 3. The zero-order valence-corrected chi connectivity index (χ0v) is 14.0. The molecule has 1 unspecified atom stereocenters. The zero-order valence-electron chi connectivity index (χ0n) is 9.29. The molecule has 1 aromatic heterocycles. The number of hydrogen-bond donors (Lipinski definition) is 2. The summed E-state index contributed by atoms with van der Waals surface area (Å²) in [5.74, 6) is 5.64. The predicted molar refractivity (Wildman–Crippen MR) is 84.9 cm³/mol. The Labute approximate surface area is 132 Å². The normalized spacial score (nSPS) is 12.7. The molecule has 0 bridgehead atoms. The summed E-state index contributed by atoms with van der Waals surface area (Å²) < 4.78 is 2.01. The molecular weight excluding hydrogens is 399 g/mol. The first-order valence-corrected chi connectivity index (χ1v) is 8.09. The maximum Gasteiger partial charge on any atom is 0.0551 e. The van der Waals surface area contributed by atoms with Gasteiger partial charge in [0.2, 0.25) is 0 Å². The van der Waals surface area contributed by atoms with Crippen molar-refractivity contribution in [3.8, 4) is 0 Å². The molecule has 18 heavy (non-hydrogen) atoms. The van der Waals surface area contributed by atoms with Crippen LogP contribution in [0.15, 0.2) is 38.6 Å². The van der Waals surface area contributed by atoms with E-state index in [0.717, 1.165) is 20.9 Å². The van der Waals surface area contributed by atoms with Crippen LogP contribution in [0, 0.1) is 0 Å². The largest absolute Gasteiger partial charge is 0.271 e. The molecule has 96 valence electrons. The molecule has 1 aromatic carbocycles. The van der Waals surface area contributed by atoms with Crippen molar-refractivity contribution in [1.29, 1.82) is 0 Å². The molecule has 2 rings (SSSR count). The number of hydrazine groups is 1. The minimum absolute atomic E-state index is 0.0468. The van der Waals surface area contributed by atoms with Crippen LogP contribution in [0.3, 0.4) is 0 Å². The Balaban J connectivity index is 2.23. The maximum atomic E-state index is 6.11. The van der Waals surface area contributed by atoms with Crippen molar-refractivity contribution in [1.82, 2.24) is 5.43 Å². The Morgan fingerprint density at radius 2 is 2.06 bits per heavy atom. The van der Waals surface area contributed by atoms with Gasteiger partial charge in [-0.1, -0.05) is 17.7 Å². The first kappa shape index (κ1) is 14.5. The van der Waals surface area contributed by atoms with Crippen LogP contribution in [0.5, 0.6) is 0 Å². The second kappa shape index (κ2) is 6.50. The van der Waals surface area contributed by atoms with Gasteiger partial charge in [0.1, 0.15) is 0 Å². The molecule has 0 aliphatic heterocycles. The van der Waals surface area contributed by atoms with Crippen molar-refractivity contribution in [2.45, 2.75) is 12.5 Å². The fraction of sp³-hybridized carbons (Fsp3) is 0.167. The van der Waals surface area contributed by atoms with Crippen LogP contribution in [0.4, 0.5) is 0 Å². The monoisotopic (exact) mass is 408 g/mol. The van der Waals surface area contributed by atoms with E-state index in [1.54, 1.807) is 11.3 Å². The molecule has 3 N–H and O–H groups in total. The van der Waals surface area contributed by atoms with Crippen molar-refractivity contribution >= 4 is 54.8 Å². The number of benzene rings is 1. The van der Waals surface area contributed by atoms with Crippen LogP contribution in [-0.2, 0) is 6.42 Å². The van der Waals surface area contributed by atoms with E-state index in [9.17, 15) is 0 Å². The number of nitrogens with one attached hydrogen (secondary N) is 1. The molecule has 0 saturated carbocycles. The molecule has 1 atom stereocenters. The van der Waals surface area contributed by atoms with E-state index in [1.165, 1.54) is 4.88 Å². The average molecular weight is 411 g/mol. The summed E-state index contributed by atoms with van der Waals surface area (Å²) in [4.78, 5) is 1.26. The second-order valence-corrected chi connectivity index (χ2v) is 6.91. The lowest BCUT2D eigenvalue weighted by Gasteiger charge is -2.16. The summed E-state index contributed by atoms with van der Waals surface area (Å²) in [5.41, 5.74) is 3.92. The van der Waals surface area contributed by atoms with Crippen LogP contribution < -0.4 is 11.3 Å². The number of nitrogens with two attached hydrogens (primary N) is 1. The third kappa shape index (κ3) is 3.35. The summed E-state index contributed by atoms with van der Waals surface area (Å²) in [6.45, 7) is 0. The summed E-state index contributed by atoms with van der Waals surface area (Å²) in [5, 5.41) is 2.75. The van der Waals surface area contributed by atoms with Crippen molar-refractivity contribution in [3.63, 3.8) is 0 Å². The van der Waals surface area contributed by atoms with Crippen LogP contribution >= 0.6 is 54.8 Å². The van der Waals surface area contributed by atoms with E-state index >= 15 is 0 Å². The molecule has 0 aliphatic rings. The van der Waals surface area contributed by atoms with Crippen LogP contribution in [-0.4, -0.2) is 0 Å². The summed E-state index contributed by atoms with van der Waals surface area (Å²) >= 11 is 14.7. The molecule has 0 spiro atoms. The van der Waals surface area contributed by atoms with Gasteiger partial charge in [-0.3, -0.25) is 11.3 Å². The summed E-state index contributed by atoms with van der Waals surface area (Å²) in [6.07, 6.45) is 0.826. The van der Waals surface area contributed by atoms with E-state index in [2.05, 4.69) is 42.7 Å². The number of thiophene rings is 1. The summed E-state index contributed by atoms with van der Waals surface area (Å²) in [7, 11) is 0. The Hall–Kier alpha value is 0.0900. The zero-order chi connectivity index (χ0) is 13.1. The molecule has 2 aromatic rings. The quantitative estimate of drug-likeness (QED) is 0.568. The molecule has 0 fully saturated rings. The highest BCUT2D eigenvalue weighted by Gasteiger charge is 2.14. The van der Waals surface area contributed by atoms with E-state index in [4.69, 9.17) is 17.4 Å². The Bertz CT molecular complexity index is 545. The predicted octanol–water partition coefficient (Wildman–Crippen LogP) is 4.67. The molecule has 6 heteroatoms. The first-order chi connectivity index (χ1) is 8.61. The molecule has 0 amide bonds. The molecule has 1 heterocycles. The van der Waals surface area contributed by atoms with Gasteiger partial charge in [0, 0.05) is 20.2 Å². The molecule has 0 aliphatic carbocycles. The number of halogens is 3. The van der Waals surface area contributed by atoms with Gasteiger partial charge in [0.25, 0.3) is 0 Å². The van der Waals surface area contributed by atoms with Crippen molar-refractivity contribution in [3.05, 3.63) is 54.1 Å². The molecule has 2 nitrogen and oxygen atoms in total. The first-order valence-electron chi connectivity index (χ1n) is 5.24. The standard InChI is InChI=1S/C12H11Br2ClN2S/c13-8-2-1-7(5-10(8)15)11(17-16)6-12-9(14)3-4-18-12/h1-5,11,17H,6,16H2. The van der Waals surface area contributed by atoms with Gasteiger partial charge in [-0.05, 0) is 61.0 Å². The van der Waals surface area contributed by atoms with Crippen LogP contribution in [0.1, 0.15) is 16.5 Å². The topological polar surface area (TPSA) is 38.0 Å². The summed E-state index contributed by atoms with van der Waals surface area (Å²) in [6, 6.07) is 7.97. The number of rotatable bonds is 4. The Morgan fingerprint density at radius 3 is 2.61 bits per heavy atom. The lowest BCUT2D eigenvalue weighted by atomic mass is 10.0. The Kier molecular flexibility index (Phi) is 5.24. The van der Waals surface area contributed by atoms with Crippen LogP contribution in [0.25, 0.3) is 0 Å². The third-order valence-corrected chi connectivity index (χ3v) is 5.81. The highest BCUT2D eigenvalue weighted by molar-refractivity contribution is 9.10. The maximum absolute atomic E-state index is 6.11. The fourth-order valence-electron chi connectivity index (χ4n) is 1.66. The molecular formula is C12H11Br2ClN2S. The molecule has 0 saturated heterocycles. The van der Waals surface area contributed by atoms with Gasteiger partial charge in [-0.15, -0.1) is 11.3 Å². The smallest absolute Gasteiger partial charge is 0.0551 e. The lowest BCUT2D eigenvalue weighted by Crippen LogP contribution is -2.29. The highest BCUT2D eigenvalue weighted by Crippen LogP contribution is 2.30. The minimum Gasteiger partial charge on any atom is -0.271 e. The van der Waals surface area contributed by atoms with Gasteiger partial charge < -0.3 is 0 Å². The highest BCUT2D eigenvalue weighted by atomic mass is 79.9. The average Bonchev–Trinajstić information content (AvgIpc) is 2.75. The van der Waals surface area contributed by atoms with E-state index in [0.29, 0.717) is 5.02 Å². The van der Waals surface area contributed by atoms with Gasteiger partial charge >= 0.3 is 0 Å². The minimum atomic E-state index is 0.0468. The lowest BCUT2D eigenvalue weighted by molar-refractivity contribution is 0.555. The van der Waals surface area contributed by atoms with Gasteiger partial charge in [-0.25, -0.2) is 0 Å². The Morgan fingerprint density at radius 1 is 1.28 bits per heavy atom. The van der Waals surface area contributed by atoms with E-state index in [1.807, 2.05) is 24.3 Å². The van der Waals surface area contributed by atoms with Gasteiger partial charge in [0.05, 0.1) is 11.1 Å². The van der Waals surface area contributed by atoms with Gasteiger partial charge in [-0.2, -0.15) is 0 Å². The molecule has 0 radical (unpaired) electrons.